The largest absolute Gasteiger partial charge is 0.492 e. The molecule has 0 spiro atoms. The molecule has 0 amide bonds. The smallest absolute Gasteiger partial charge is 0.334 e. The number of carboxylic acid groups (broad SMARTS) is 1. The van der Waals surface area contributed by atoms with Crippen LogP contribution in [-0.2, 0) is 10.3 Å². The Bertz CT molecular complexity index is 914. The van der Waals surface area contributed by atoms with Gasteiger partial charge >= 0.3 is 5.97 Å². The maximum atomic E-state index is 12.4. The lowest BCUT2D eigenvalue weighted by Crippen LogP contribution is -2.43. The molecule has 1 saturated heterocycles. The van der Waals surface area contributed by atoms with Crippen molar-refractivity contribution in [3.63, 3.8) is 0 Å². The van der Waals surface area contributed by atoms with E-state index in [-0.39, 0.29) is 0 Å². The van der Waals surface area contributed by atoms with Crippen LogP contribution in [-0.4, -0.2) is 42.2 Å². The minimum absolute atomic E-state index is 0.346. The van der Waals surface area contributed by atoms with E-state index in [1.807, 2.05) is 32.0 Å². The van der Waals surface area contributed by atoms with Gasteiger partial charge in [0.1, 0.15) is 12.4 Å². The maximum absolute atomic E-state index is 12.4. The molecule has 2 aromatic carbocycles. The highest BCUT2D eigenvalue weighted by Crippen LogP contribution is 2.33. The van der Waals surface area contributed by atoms with Crippen LogP contribution >= 0.6 is 0 Å². The molecule has 0 aromatic heterocycles. The van der Waals surface area contributed by atoms with Gasteiger partial charge in [0.2, 0.25) is 0 Å². The molecule has 6 nitrogen and oxygen atoms in total. The lowest BCUT2D eigenvalue weighted by molar-refractivity contribution is -0.142. The zero-order valence-corrected chi connectivity index (χ0v) is 17.6. The first-order valence-electron chi connectivity index (χ1n) is 10.5. The van der Waals surface area contributed by atoms with Crippen molar-refractivity contribution >= 4 is 11.7 Å². The van der Waals surface area contributed by atoms with Crippen LogP contribution in [0.1, 0.15) is 42.9 Å². The second-order valence-electron chi connectivity index (χ2n) is 7.81. The Hall–Kier alpha value is -3.04. The third kappa shape index (κ3) is 4.92. The van der Waals surface area contributed by atoms with Gasteiger partial charge in [-0.3, -0.25) is 4.90 Å². The molecule has 3 rings (SSSR count). The second-order valence-corrected chi connectivity index (χ2v) is 7.81. The van der Waals surface area contributed by atoms with Crippen molar-refractivity contribution in [3.05, 3.63) is 59.2 Å². The van der Waals surface area contributed by atoms with Crippen LogP contribution in [0.15, 0.2) is 42.5 Å². The van der Waals surface area contributed by atoms with Crippen LogP contribution in [0.3, 0.4) is 0 Å². The molecular weight excluding hydrogens is 378 g/mol. The molecule has 0 radical (unpaired) electrons. The number of hydrogen-bond donors (Lipinski definition) is 2. The molecule has 6 heteroatoms. The fraction of sp³-hybridized carbons (Fsp3) is 0.417. The number of anilines is 1. The van der Waals surface area contributed by atoms with Gasteiger partial charge < -0.3 is 15.2 Å². The van der Waals surface area contributed by atoms with Crippen LogP contribution in [0.5, 0.6) is 5.75 Å². The minimum Gasteiger partial charge on any atom is -0.492 e. The average Bonchev–Trinajstić information content (AvgIpc) is 3.25. The number of carboxylic acids is 1. The summed E-state index contributed by atoms with van der Waals surface area (Å²) in [5.74, 6) is -0.270. The molecule has 2 aromatic rings. The SMILES string of the molecule is CCC(Nc1ccc(C#N)cc1)(C(=O)O)c1cc(C)cc(OCCN2CCCC2)c1. The van der Waals surface area contributed by atoms with E-state index >= 15 is 0 Å². The predicted octanol–water partition coefficient (Wildman–Crippen LogP) is 4.14. The summed E-state index contributed by atoms with van der Waals surface area (Å²) in [5.41, 5.74) is 1.48. The Morgan fingerprint density at radius 2 is 1.93 bits per heavy atom. The zero-order valence-electron chi connectivity index (χ0n) is 17.6. The summed E-state index contributed by atoms with van der Waals surface area (Å²) < 4.78 is 5.99. The van der Waals surface area contributed by atoms with Gasteiger partial charge in [-0.2, -0.15) is 5.26 Å². The molecule has 158 valence electrons. The van der Waals surface area contributed by atoms with Gasteiger partial charge in [0.05, 0.1) is 11.6 Å². The molecule has 30 heavy (non-hydrogen) atoms. The zero-order chi connectivity index (χ0) is 21.6. The number of nitriles is 1. The number of nitrogens with zero attached hydrogens (tertiary/aromatic N) is 2. The van der Waals surface area contributed by atoms with Crippen molar-refractivity contribution in [2.24, 2.45) is 0 Å². The third-order valence-corrected chi connectivity index (χ3v) is 5.69. The van der Waals surface area contributed by atoms with Crippen molar-refractivity contribution in [1.82, 2.24) is 4.90 Å². The highest BCUT2D eigenvalue weighted by molar-refractivity contribution is 5.85. The molecule has 2 N–H and O–H groups in total. The Morgan fingerprint density at radius 3 is 2.53 bits per heavy atom. The van der Waals surface area contributed by atoms with Gasteiger partial charge in [-0.05, 0) is 86.8 Å². The summed E-state index contributed by atoms with van der Waals surface area (Å²) in [5, 5.41) is 22.4. The van der Waals surface area contributed by atoms with Crippen LogP contribution in [0.4, 0.5) is 5.69 Å². The first-order chi connectivity index (χ1) is 14.5. The molecule has 1 heterocycles. The first kappa shape index (κ1) is 21.7. The van der Waals surface area contributed by atoms with Crippen LogP contribution < -0.4 is 10.1 Å². The van der Waals surface area contributed by atoms with E-state index in [2.05, 4.69) is 16.3 Å². The number of aryl methyl sites for hydroxylation is 1. The van der Waals surface area contributed by atoms with Crippen LogP contribution in [0, 0.1) is 18.3 Å². The summed E-state index contributed by atoms with van der Waals surface area (Å²) in [7, 11) is 0. The molecule has 0 saturated carbocycles. The fourth-order valence-electron chi connectivity index (χ4n) is 3.94. The molecule has 1 fully saturated rings. The van der Waals surface area contributed by atoms with Gasteiger partial charge in [-0.15, -0.1) is 0 Å². The molecule has 1 atom stereocenters. The lowest BCUT2D eigenvalue weighted by atomic mass is 9.85. The highest BCUT2D eigenvalue weighted by atomic mass is 16.5. The molecule has 1 aliphatic rings. The van der Waals surface area contributed by atoms with Gasteiger partial charge in [-0.1, -0.05) is 13.0 Å². The van der Waals surface area contributed by atoms with Crippen molar-refractivity contribution in [3.8, 4) is 11.8 Å². The Morgan fingerprint density at radius 1 is 1.23 bits per heavy atom. The van der Waals surface area contributed by atoms with E-state index in [4.69, 9.17) is 10.00 Å². The number of hydrogen-bond acceptors (Lipinski definition) is 5. The Labute approximate surface area is 178 Å². The van der Waals surface area contributed by atoms with Gasteiger partial charge in [-0.25, -0.2) is 4.79 Å². The van der Waals surface area contributed by atoms with E-state index in [1.54, 1.807) is 24.3 Å². The van der Waals surface area contributed by atoms with E-state index in [9.17, 15) is 9.90 Å². The number of benzene rings is 2. The van der Waals surface area contributed by atoms with Crippen molar-refractivity contribution < 1.29 is 14.6 Å². The maximum Gasteiger partial charge on any atom is 0.334 e. The standard InChI is InChI=1S/C24H29N3O3/c1-3-24(23(28)29,26-21-8-6-19(17-25)7-9-21)20-14-18(2)15-22(16-20)30-13-12-27-10-4-5-11-27/h6-9,14-16,26H,3-5,10-13H2,1-2H3,(H,28,29). The van der Waals surface area contributed by atoms with Crippen LogP contribution in [0.2, 0.25) is 0 Å². The second kappa shape index (κ2) is 9.64. The van der Waals surface area contributed by atoms with Gasteiger partial charge in [0.25, 0.3) is 0 Å². The number of carbonyl (C=O) groups is 1. The van der Waals surface area contributed by atoms with Gasteiger partial charge in [0.15, 0.2) is 5.54 Å². The minimum atomic E-state index is -1.30. The quantitative estimate of drug-likeness (QED) is 0.650. The van der Waals surface area contributed by atoms with E-state index in [0.29, 0.717) is 35.6 Å². The summed E-state index contributed by atoms with van der Waals surface area (Å²) in [6.45, 7) is 7.49. The topological polar surface area (TPSA) is 85.6 Å². The predicted molar refractivity (Wildman–Crippen MR) is 117 cm³/mol. The van der Waals surface area contributed by atoms with E-state index in [1.165, 1.54) is 12.8 Å². The third-order valence-electron chi connectivity index (χ3n) is 5.69. The number of aliphatic carboxylic acids is 1. The number of ether oxygens (including phenoxy) is 1. The van der Waals surface area contributed by atoms with Crippen LogP contribution in [0.25, 0.3) is 0 Å². The molecule has 1 unspecified atom stereocenters. The molecular formula is C24H29N3O3. The first-order valence-corrected chi connectivity index (χ1v) is 10.5. The lowest BCUT2D eigenvalue weighted by Gasteiger charge is -2.32. The molecule has 0 bridgehead atoms. The van der Waals surface area contributed by atoms with E-state index < -0.39 is 11.5 Å². The summed E-state index contributed by atoms with van der Waals surface area (Å²) in [4.78, 5) is 14.8. The summed E-state index contributed by atoms with van der Waals surface area (Å²) in [6.07, 6.45) is 2.83. The van der Waals surface area contributed by atoms with E-state index in [0.717, 1.165) is 25.2 Å². The highest BCUT2D eigenvalue weighted by Gasteiger charge is 2.39. The summed E-state index contributed by atoms with van der Waals surface area (Å²) in [6, 6.07) is 14.5. The Kier molecular flexibility index (Phi) is 6.96. The molecule has 0 aliphatic carbocycles. The van der Waals surface area contributed by atoms with Crippen molar-refractivity contribution in [2.75, 3.05) is 31.6 Å². The Balaban J connectivity index is 1.84. The van der Waals surface area contributed by atoms with Gasteiger partial charge in [0, 0.05) is 12.2 Å². The van der Waals surface area contributed by atoms with Crippen molar-refractivity contribution in [1.29, 1.82) is 5.26 Å². The normalized spacial score (nSPS) is 15.9. The number of nitrogens with one attached hydrogen (secondary N) is 1. The number of rotatable bonds is 9. The van der Waals surface area contributed by atoms with Crippen molar-refractivity contribution in [2.45, 2.75) is 38.6 Å². The average molecular weight is 408 g/mol. The fourth-order valence-corrected chi connectivity index (χ4v) is 3.94. The number of likely N-dealkylation sites (tertiary alicyclic amines) is 1. The monoisotopic (exact) mass is 407 g/mol. The summed E-state index contributed by atoms with van der Waals surface area (Å²) >= 11 is 0. The molecule has 1 aliphatic heterocycles.